The van der Waals surface area contributed by atoms with Gasteiger partial charge in [-0.1, -0.05) is 26.0 Å². The van der Waals surface area contributed by atoms with E-state index in [1.165, 1.54) is 24.3 Å². The monoisotopic (exact) mass is 511 g/mol. The number of carboxylic acids is 1. The third-order valence-corrected chi connectivity index (χ3v) is 5.30. The highest BCUT2D eigenvalue weighted by Crippen LogP contribution is 2.12. The third-order valence-electron chi connectivity index (χ3n) is 4.90. The van der Waals surface area contributed by atoms with E-state index < -0.39 is 60.2 Å². The lowest BCUT2D eigenvalue weighted by Gasteiger charge is -2.25. The predicted octanol–water partition coefficient (Wildman–Crippen LogP) is -1.35. The summed E-state index contributed by atoms with van der Waals surface area (Å²) in [7, 11) is 0. The van der Waals surface area contributed by atoms with E-state index in [0.29, 0.717) is 5.56 Å². The second-order valence-electron chi connectivity index (χ2n) is 8.48. The number of carboxylic acid groups (broad SMARTS) is 1. The number of phenols is 1. The van der Waals surface area contributed by atoms with Gasteiger partial charge in [-0.2, -0.15) is 12.6 Å². The number of aromatic hydroxyl groups is 1. The first-order chi connectivity index (χ1) is 16.3. The Morgan fingerprint density at radius 3 is 1.91 bits per heavy atom. The summed E-state index contributed by atoms with van der Waals surface area (Å²) in [5, 5.41) is 26.1. The van der Waals surface area contributed by atoms with Gasteiger partial charge in [-0.05, 0) is 30.0 Å². The van der Waals surface area contributed by atoms with Crippen LogP contribution in [0.1, 0.15) is 32.3 Å². The summed E-state index contributed by atoms with van der Waals surface area (Å²) in [4.78, 5) is 61.2. The van der Waals surface area contributed by atoms with Gasteiger partial charge >= 0.3 is 5.97 Å². The zero-order chi connectivity index (χ0) is 26.7. The van der Waals surface area contributed by atoms with Gasteiger partial charge in [0.15, 0.2) is 0 Å². The molecule has 0 bridgehead atoms. The normalized spacial score (nSPS) is 14.3. The van der Waals surface area contributed by atoms with Crippen molar-refractivity contribution >= 4 is 42.2 Å². The van der Waals surface area contributed by atoms with Gasteiger partial charge < -0.3 is 37.6 Å². The second-order valence-corrected chi connectivity index (χ2v) is 8.85. The van der Waals surface area contributed by atoms with Gasteiger partial charge in [0.2, 0.25) is 23.6 Å². The molecule has 0 spiro atoms. The summed E-state index contributed by atoms with van der Waals surface area (Å²) in [6.07, 6.45) is -0.506. The molecule has 1 aromatic rings. The fraction of sp³-hybridized carbons (Fsp3) is 0.500. The number of benzene rings is 1. The molecule has 1 rings (SSSR count). The van der Waals surface area contributed by atoms with E-state index >= 15 is 0 Å². The Labute approximate surface area is 208 Å². The number of primary amides is 1. The molecule has 1 aromatic carbocycles. The molecule has 4 amide bonds. The Hall–Kier alpha value is -3.32. The maximum absolute atomic E-state index is 12.9. The number of hydrogen-bond donors (Lipinski definition) is 8. The van der Waals surface area contributed by atoms with Crippen molar-refractivity contribution in [2.45, 2.75) is 57.3 Å². The molecule has 0 radical (unpaired) electrons. The van der Waals surface area contributed by atoms with Gasteiger partial charge in [0, 0.05) is 12.2 Å². The summed E-state index contributed by atoms with van der Waals surface area (Å²) >= 11 is 3.96. The van der Waals surface area contributed by atoms with Gasteiger partial charge in [0.05, 0.1) is 12.5 Å². The summed E-state index contributed by atoms with van der Waals surface area (Å²) in [5.74, 6) is -4.55. The smallest absolute Gasteiger partial charge is 0.326 e. The van der Waals surface area contributed by atoms with Crippen LogP contribution in [0.25, 0.3) is 0 Å². The Bertz CT molecular complexity index is 910. The lowest BCUT2D eigenvalue weighted by Crippen LogP contribution is -2.58. The molecule has 0 saturated carbocycles. The van der Waals surface area contributed by atoms with Crippen molar-refractivity contribution in [3.63, 3.8) is 0 Å². The number of rotatable bonds is 14. The number of nitrogens with two attached hydrogens (primary N) is 2. The average Bonchev–Trinajstić information content (AvgIpc) is 2.77. The molecule has 0 fully saturated rings. The van der Waals surface area contributed by atoms with Crippen molar-refractivity contribution in [3.05, 3.63) is 29.8 Å². The fourth-order valence-corrected chi connectivity index (χ4v) is 3.25. The minimum absolute atomic E-state index is 0.00716. The number of aliphatic carboxylic acids is 1. The molecule has 0 aromatic heterocycles. The van der Waals surface area contributed by atoms with Gasteiger partial charge in [0.1, 0.15) is 23.9 Å². The van der Waals surface area contributed by atoms with Crippen molar-refractivity contribution < 1.29 is 34.2 Å². The maximum Gasteiger partial charge on any atom is 0.326 e. The first-order valence-electron chi connectivity index (χ1n) is 10.9. The molecule has 4 unspecified atom stereocenters. The molecule has 13 heteroatoms. The van der Waals surface area contributed by atoms with Crippen LogP contribution in [0.4, 0.5) is 0 Å². The molecule has 9 N–H and O–H groups in total. The third kappa shape index (κ3) is 10.6. The van der Waals surface area contributed by atoms with Crippen LogP contribution in [-0.4, -0.2) is 69.7 Å². The summed E-state index contributed by atoms with van der Waals surface area (Å²) in [5.41, 5.74) is 11.4. The predicted molar refractivity (Wildman–Crippen MR) is 130 cm³/mol. The van der Waals surface area contributed by atoms with Crippen LogP contribution in [0.2, 0.25) is 0 Å². The number of carbonyl (C=O) groups is 5. The minimum atomic E-state index is -1.48. The highest BCUT2D eigenvalue weighted by molar-refractivity contribution is 7.80. The molecule has 35 heavy (non-hydrogen) atoms. The van der Waals surface area contributed by atoms with E-state index in [0.717, 1.165) is 0 Å². The van der Waals surface area contributed by atoms with Crippen molar-refractivity contribution in [2.75, 3.05) is 5.75 Å². The number of thiol groups is 1. The highest BCUT2D eigenvalue weighted by Gasteiger charge is 2.31. The number of nitrogens with one attached hydrogen (secondary N) is 3. The van der Waals surface area contributed by atoms with Crippen molar-refractivity contribution in [2.24, 2.45) is 17.4 Å². The van der Waals surface area contributed by atoms with E-state index in [-0.39, 0.29) is 30.3 Å². The van der Waals surface area contributed by atoms with Crippen molar-refractivity contribution in [1.29, 1.82) is 0 Å². The zero-order valence-corrected chi connectivity index (χ0v) is 20.5. The summed E-state index contributed by atoms with van der Waals surface area (Å²) in [6.45, 7) is 3.64. The van der Waals surface area contributed by atoms with Gasteiger partial charge in [-0.15, -0.1) is 0 Å². The topological polar surface area (TPSA) is 214 Å². The molecule has 0 aliphatic rings. The molecule has 0 aliphatic heterocycles. The Morgan fingerprint density at radius 1 is 0.914 bits per heavy atom. The lowest BCUT2D eigenvalue weighted by molar-refractivity contribution is -0.142. The fourth-order valence-electron chi connectivity index (χ4n) is 3.09. The van der Waals surface area contributed by atoms with Crippen molar-refractivity contribution in [1.82, 2.24) is 16.0 Å². The van der Waals surface area contributed by atoms with Crippen LogP contribution < -0.4 is 27.4 Å². The molecule has 0 saturated heterocycles. The van der Waals surface area contributed by atoms with Gasteiger partial charge in [-0.3, -0.25) is 19.2 Å². The quantitative estimate of drug-likeness (QED) is 0.139. The van der Waals surface area contributed by atoms with Gasteiger partial charge in [-0.25, -0.2) is 4.79 Å². The Balaban J connectivity index is 3.02. The van der Waals surface area contributed by atoms with E-state index in [2.05, 4.69) is 28.6 Å². The van der Waals surface area contributed by atoms with Crippen molar-refractivity contribution in [3.8, 4) is 5.75 Å². The first-order valence-corrected chi connectivity index (χ1v) is 11.5. The molecular weight excluding hydrogens is 478 g/mol. The SMILES string of the molecule is CC(C)CC(NC(=O)C(N)CS)C(=O)NC(CC(N)=O)C(=O)NC(Cc1ccc(O)cc1)C(=O)O. The lowest BCUT2D eigenvalue weighted by atomic mass is 10.0. The van der Waals surface area contributed by atoms with Gasteiger partial charge in [0.25, 0.3) is 0 Å². The molecule has 194 valence electrons. The minimum Gasteiger partial charge on any atom is -0.508 e. The van der Waals surface area contributed by atoms with Crippen LogP contribution in [0.5, 0.6) is 5.75 Å². The number of amides is 4. The largest absolute Gasteiger partial charge is 0.508 e. The van der Waals surface area contributed by atoms with Crippen LogP contribution in [-0.2, 0) is 30.4 Å². The molecule has 4 atom stereocenters. The zero-order valence-electron chi connectivity index (χ0n) is 19.6. The molecule has 0 aliphatic carbocycles. The van der Waals surface area contributed by atoms with E-state index in [9.17, 15) is 34.2 Å². The van der Waals surface area contributed by atoms with E-state index in [1.54, 1.807) is 0 Å². The van der Waals surface area contributed by atoms with E-state index in [4.69, 9.17) is 11.5 Å². The number of carbonyl (C=O) groups excluding carboxylic acids is 4. The van der Waals surface area contributed by atoms with Crippen LogP contribution in [0, 0.1) is 5.92 Å². The maximum atomic E-state index is 12.9. The standard InChI is InChI=1S/C22H33N5O7S/c1-11(2)7-15(25-19(30)14(23)10-35)20(31)26-16(9-18(24)29)21(32)27-17(22(33)34)8-12-3-5-13(28)6-4-12/h3-6,11,14-17,28,35H,7-10,23H2,1-2H3,(H2,24,29)(H,25,30)(H,26,31)(H,27,32)(H,33,34). The number of phenolic OH excluding ortho intramolecular Hbond substituents is 1. The molecule has 0 heterocycles. The van der Waals surface area contributed by atoms with Crippen LogP contribution in [0.15, 0.2) is 24.3 Å². The highest BCUT2D eigenvalue weighted by atomic mass is 32.1. The Morgan fingerprint density at radius 2 is 1.43 bits per heavy atom. The van der Waals surface area contributed by atoms with Crippen LogP contribution in [0.3, 0.4) is 0 Å². The number of hydrogen-bond acceptors (Lipinski definition) is 8. The van der Waals surface area contributed by atoms with E-state index in [1.807, 2.05) is 13.8 Å². The summed E-state index contributed by atoms with van der Waals surface area (Å²) in [6, 6.07) is 0.837. The second kappa shape index (κ2) is 14.2. The summed E-state index contributed by atoms with van der Waals surface area (Å²) < 4.78 is 0. The molecule has 12 nitrogen and oxygen atoms in total. The first kappa shape index (κ1) is 29.7. The van der Waals surface area contributed by atoms with Crippen LogP contribution >= 0.6 is 12.6 Å². The molecular formula is C22H33N5O7S. The Kier molecular flexibility index (Phi) is 12.0. The average molecular weight is 512 g/mol.